The first-order valence-electron chi connectivity index (χ1n) is 12.4. The Balaban J connectivity index is 1.43. The summed E-state index contributed by atoms with van der Waals surface area (Å²) < 4.78 is 17.1. The zero-order chi connectivity index (χ0) is 26.4. The van der Waals surface area contributed by atoms with Crippen molar-refractivity contribution in [2.45, 2.75) is 74.4 Å². The molecule has 0 amide bonds. The Morgan fingerprint density at radius 3 is 1.81 bits per heavy atom. The number of aliphatic hydroxyl groups excluding tert-OH is 6. The molecule has 11 nitrogen and oxygen atoms in total. The quantitative estimate of drug-likeness (QED) is 0.178. The van der Waals surface area contributed by atoms with Crippen LogP contribution in [-0.2, 0) is 27.3 Å². The summed E-state index contributed by atoms with van der Waals surface area (Å²) in [7, 11) is 0. The predicted octanol–water partition coefficient (Wildman–Crippen LogP) is -1.80. The lowest BCUT2D eigenvalue weighted by Crippen LogP contribution is -2.67. The SMILES string of the molecule is OCC1O[C@@H](OCC2O[C@@H](NCc3ccccc3)[C@H](NCc3ccccc3)C(O)[C@H]2O)[C@H](O)C(O)[C@H]1O. The molecule has 2 fully saturated rings. The summed E-state index contributed by atoms with van der Waals surface area (Å²) in [5.41, 5.74) is 2.00. The lowest BCUT2D eigenvalue weighted by Gasteiger charge is -2.44. The van der Waals surface area contributed by atoms with Gasteiger partial charge in [0, 0.05) is 13.1 Å². The molecule has 4 rings (SSSR count). The van der Waals surface area contributed by atoms with Gasteiger partial charge in [0.2, 0.25) is 0 Å². The molecule has 0 radical (unpaired) electrons. The predicted molar refractivity (Wildman–Crippen MR) is 131 cm³/mol. The molecule has 2 saturated heterocycles. The molecule has 11 heteroatoms. The molecule has 204 valence electrons. The maximum absolute atomic E-state index is 11.0. The fourth-order valence-electron chi connectivity index (χ4n) is 4.55. The van der Waals surface area contributed by atoms with Gasteiger partial charge >= 0.3 is 0 Å². The molecule has 8 N–H and O–H groups in total. The second kappa shape index (κ2) is 13.2. The van der Waals surface area contributed by atoms with Crippen molar-refractivity contribution in [2.24, 2.45) is 0 Å². The van der Waals surface area contributed by atoms with Crippen LogP contribution in [0.15, 0.2) is 60.7 Å². The van der Waals surface area contributed by atoms with Crippen molar-refractivity contribution in [3.8, 4) is 0 Å². The van der Waals surface area contributed by atoms with E-state index in [1.165, 1.54) is 0 Å². The van der Waals surface area contributed by atoms with Crippen molar-refractivity contribution in [3.63, 3.8) is 0 Å². The highest BCUT2D eigenvalue weighted by molar-refractivity contribution is 5.16. The van der Waals surface area contributed by atoms with Gasteiger partial charge in [0.15, 0.2) is 6.29 Å². The summed E-state index contributed by atoms with van der Waals surface area (Å²) in [5.74, 6) is 0. The third-order valence-corrected chi connectivity index (χ3v) is 6.75. The smallest absolute Gasteiger partial charge is 0.186 e. The van der Waals surface area contributed by atoms with Crippen molar-refractivity contribution in [3.05, 3.63) is 71.8 Å². The largest absolute Gasteiger partial charge is 0.394 e. The number of hydrogen-bond acceptors (Lipinski definition) is 11. The van der Waals surface area contributed by atoms with Crippen LogP contribution in [0, 0.1) is 0 Å². The molecule has 0 bridgehead atoms. The Kier molecular flexibility index (Phi) is 9.98. The lowest BCUT2D eigenvalue weighted by molar-refractivity contribution is -0.312. The number of nitrogens with one attached hydrogen (secondary N) is 2. The highest BCUT2D eigenvalue weighted by Gasteiger charge is 2.47. The van der Waals surface area contributed by atoms with E-state index in [2.05, 4.69) is 10.6 Å². The van der Waals surface area contributed by atoms with Crippen molar-refractivity contribution >= 4 is 0 Å². The van der Waals surface area contributed by atoms with Crippen LogP contribution in [0.2, 0.25) is 0 Å². The Hall–Kier alpha value is -2.00. The van der Waals surface area contributed by atoms with Crippen LogP contribution < -0.4 is 10.6 Å². The molecule has 10 atom stereocenters. The molecule has 0 spiro atoms. The zero-order valence-corrected chi connectivity index (χ0v) is 20.3. The maximum atomic E-state index is 11.0. The van der Waals surface area contributed by atoms with E-state index in [1.807, 2.05) is 60.7 Å². The molecule has 4 unspecified atom stereocenters. The summed E-state index contributed by atoms with van der Waals surface area (Å²) in [5, 5.41) is 68.0. The molecule has 2 heterocycles. The van der Waals surface area contributed by atoms with E-state index >= 15 is 0 Å². The second-order valence-corrected chi connectivity index (χ2v) is 9.37. The summed E-state index contributed by atoms with van der Waals surface area (Å²) in [6.07, 6.45) is -11.5. The number of benzene rings is 2. The maximum Gasteiger partial charge on any atom is 0.186 e. The molecule has 0 aliphatic carbocycles. The Bertz CT molecular complexity index is 938. The summed E-state index contributed by atoms with van der Waals surface area (Å²) >= 11 is 0. The van der Waals surface area contributed by atoms with Crippen LogP contribution in [0.4, 0.5) is 0 Å². The fourth-order valence-corrected chi connectivity index (χ4v) is 4.55. The molecule has 0 saturated carbocycles. The second-order valence-electron chi connectivity index (χ2n) is 9.37. The van der Waals surface area contributed by atoms with Crippen LogP contribution in [-0.4, -0.2) is 105 Å². The van der Waals surface area contributed by atoms with Gasteiger partial charge in [0.25, 0.3) is 0 Å². The molecule has 2 aromatic rings. The van der Waals surface area contributed by atoms with Gasteiger partial charge in [0.05, 0.1) is 19.3 Å². The lowest BCUT2D eigenvalue weighted by atomic mass is 9.95. The summed E-state index contributed by atoms with van der Waals surface area (Å²) in [4.78, 5) is 0. The average molecular weight is 521 g/mol. The average Bonchev–Trinajstić information content (AvgIpc) is 2.93. The Morgan fingerprint density at radius 2 is 1.22 bits per heavy atom. The number of hydrogen-bond donors (Lipinski definition) is 8. The van der Waals surface area contributed by atoms with Gasteiger partial charge < -0.3 is 50.2 Å². The van der Waals surface area contributed by atoms with Gasteiger partial charge in [-0.25, -0.2) is 0 Å². The minimum Gasteiger partial charge on any atom is -0.394 e. The molecule has 2 aliphatic heterocycles. The van der Waals surface area contributed by atoms with E-state index in [0.717, 1.165) is 11.1 Å². The molecule has 2 aromatic carbocycles. The normalized spacial score (nSPS) is 36.4. The van der Waals surface area contributed by atoms with Gasteiger partial charge in [-0.05, 0) is 11.1 Å². The van der Waals surface area contributed by atoms with Gasteiger partial charge in [-0.3, -0.25) is 5.32 Å². The van der Waals surface area contributed by atoms with Gasteiger partial charge in [-0.15, -0.1) is 0 Å². The topological polar surface area (TPSA) is 173 Å². The third-order valence-electron chi connectivity index (χ3n) is 6.75. The van der Waals surface area contributed by atoms with Gasteiger partial charge in [-0.2, -0.15) is 0 Å². The molecule has 37 heavy (non-hydrogen) atoms. The summed E-state index contributed by atoms with van der Waals surface area (Å²) in [6.45, 7) is -0.00547. The first kappa shape index (κ1) is 28.0. The van der Waals surface area contributed by atoms with Crippen LogP contribution in [0.5, 0.6) is 0 Å². The molecular weight excluding hydrogens is 484 g/mol. The molecular formula is C26H36N2O9. The minimum atomic E-state index is -1.59. The molecule has 0 aromatic heterocycles. The van der Waals surface area contributed by atoms with E-state index in [9.17, 15) is 30.6 Å². The van der Waals surface area contributed by atoms with Gasteiger partial charge in [-0.1, -0.05) is 60.7 Å². The van der Waals surface area contributed by atoms with Crippen molar-refractivity contribution in [1.29, 1.82) is 0 Å². The Labute approximate surface area is 215 Å². The van der Waals surface area contributed by atoms with Crippen LogP contribution >= 0.6 is 0 Å². The van der Waals surface area contributed by atoms with Crippen molar-refractivity contribution in [1.82, 2.24) is 10.6 Å². The van der Waals surface area contributed by atoms with E-state index in [-0.39, 0.29) is 6.61 Å². The zero-order valence-electron chi connectivity index (χ0n) is 20.3. The van der Waals surface area contributed by atoms with E-state index in [4.69, 9.17) is 14.2 Å². The highest BCUT2D eigenvalue weighted by Crippen LogP contribution is 2.25. The Morgan fingerprint density at radius 1 is 0.649 bits per heavy atom. The molecule has 2 aliphatic rings. The third kappa shape index (κ3) is 6.91. The van der Waals surface area contributed by atoms with Crippen molar-refractivity contribution in [2.75, 3.05) is 13.2 Å². The van der Waals surface area contributed by atoms with Crippen LogP contribution in [0.1, 0.15) is 11.1 Å². The minimum absolute atomic E-state index is 0.296. The first-order valence-corrected chi connectivity index (χ1v) is 12.4. The number of rotatable bonds is 10. The monoisotopic (exact) mass is 520 g/mol. The first-order chi connectivity index (χ1) is 17.9. The van der Waals surface area contributed by atoms with Crippen LogP contribution in [0.3, 0.4) is 0 Å². The summed E-state index contributed by atoms with van der Waals surface area (Å²) in [6, 6.07) is 18.6. The van der Waals surface area contributed by atoms with E-state index in [0.29, 0.717) is 13.1 Å². The standard InChI is InChI=1S/C26H36N2O9/c29-13-17-20(30)23(33)24(34)26(37-17)35-14-18-21(31)22(32)19(27-11-15-7-3-1-4-8-15)25(36-18)28-12-16-9-5-2-6-10-16/h1-10,17-34H,11-14H2/t17?,18?,19-,20+,21+,22?,23?,24-,25-,26-/m1/s1. The van der Waals surface area contributed by atoms with Gasteiger partial charge in [0.1, 0.15) is 49.0 Å². The van der Waals surface area contributed by atoms with E-state index < -0.39 is 67.9 Å². The highest BCUT2D eigenvalue weighted by atomic mass is 16.7. The number of aliphatic hydroxyl groups is 6. The van der Waals surface area contributed by atoms with E-state index in [1.54, 1.807) is 0 Å². The fraction of sp³-hybridized carbons (Fsp3) is 0.538. The number of ether oxygens (including phenoxy) is 3. The van der Waals surface area contributed by atoms with Crippen molar-refractivity contribution < 1.29 is 44.8 Å². The van der Waals surface area contributed by atoms with Crippen LogP contribution in [0.25, 0.3) is 0 Å².